The molecule has 0 rings (SSSR count). The molecule has 0 saturated heterocycles. The molecule has 100 valence electrons. The number of ketones is 1. The van der Waals surface area contributed by atoms with E-state index < -0.39 is 0 Å². The number of carbonyl (C=O) groups excluding carboxylic acids is 1. The van der Waals surface area contributed by atoms with Crippen molar-refractivity contribution in [3.05, 3.63) is 11.6 Å². The Morgan fingerprint density at radius 1 is 0.824 bits per heavy atom. The number of hydrogen-bond donors (Lipinski definition) is 0. The first-order valence-corrected chi connectivity index (χ1v) is 7.40. The molecular weight excluding hydrogens is 208 g/mol. The number of carbonyl (C=O) groups is 1. The third kappa shape index (κ3) is 11.7. The fraction of sp³-hybridized carbons (Fsp3) is 0.812. The van der Waals surface area contributed by atoms with Gasteiger partial charge in [-0.1, -0.05) is 57.9 Å². The van der Waals surface area contributed by atoms with Gasteiger partial charge in [-0.05, 0) is 32.3 Å². The second-order valence-corrected chi connectivity index (χ2v) is 5.08. The molecule has 0 radical (unpaired) electrons. The molecule has 0 unspecified atom stereocenters. The smallest absolute Gasteiger partial charge is 0.155 e. The highest BCUT2D eigenvalue weighted by atomic mass is 16.1. The molecule has 0 bridgehead atoms. The van der Waals surface area contributed by atoms with Crippen LogP contribution in [0.3, 0.4) is 0 Å². The molecule has 0 aliphatic heterocycles. The molecule has 0 aromatic heterocycles. The first-order valence-electron chi connectivity index (χ1n) is 7.40. The van der Waals surface area contributed by atoms with Crippen LogP contribution in [-0.4, -0.2) is 5.78 Å². The summed E-state index contributed by atoms with van der Waals surface area (Å²) in [5, 5.41) is 0. The van der Waals surface area contributed by atoms with Crippen molar-refractivity contribution in [1.82, 2.24) is 0 Å². The minimum absolute atomic E-state index is 0.328. The minimum atomic E-state index is 0.328. The van der Waals surface area contributed by atoms with Gasteiger partial charge in [0.1, 0.15) is 0 Å². The average molecular weight is 238 g/mol. The van der Waals surface area contributed by atoms with Gasteiger partial charge in [0, 0.05) is 6.42 Å². The lowest BCUT2D eigenvalue weighted by Crippen LogP contribution is -1.94. The molecule has 0 amide bonds. The lowest BCUT2D eigenvalue weighted by molar-refractivity contribution is -0.114. The summed E-state index contributed by atoms with van der Waals surface area (Å²) in [6.07, 6.45) is 13.6. The van der Waals surface area contributed by atoms with E-state index in [1.165, 1.54) is 50.5 Å². The fourth-order valence-corrected chi connectivity index (χ4v) is 1.98. The van der Waals surface area contributed by atoms with Crippen molar-refractivity contribution in [2.45, 2.75) is 85.0 Å². The van der Waals surface area contributed by atoms with Crippen molar-refractivity contribution in [2.24, 2.45) is 0 Å². The van der Waals surface area contributed by atoms with E-state index in [1.807, 2.05) is 6.08 Å². The Bertz CT molecular complexity index is 216. The van der Waals surface area contributed by atoms with Gasteiger partial charge in [-0.2, -0.15) is 0 Å². The van der Waals surface area contributed by atoms with Crippen molar-refractivity contribution in [1.29, 1.82) is 0 Å². The van der Waals surface area contributed by atoms with Crippen LogP contribution in [0, 0.1) is 0 Å². The van der Waals surface area contributed by atoms with E-state index in [9.17, 15) is 4.79 Å². The standard InChI is InChI=1S/C16H30O/c1-4-6-8-10-12-15(3)14-16(17)13-11-9-7-5-2/h14H,4-13H2,1-3H3. The van der Waals surface area contributed by atoms with Crippen LogP contribution < -0.4 is 0 Å². The van der Waals surface area contributed by atoms with Crippen LogP contribution in [0.25, 0.3) is 0 Å². The molecule has 0 aromatic carbocycles. The third-order valence-corrected chi connectivity index (χ3v) is 3.11. The van der Waals surface area contributed by atoms with Gasteiger partial charge in [0.05, 0.1) is 0 Å². The Morgan fingerprint density at radius 3 is 1.88 bits per heavy atom. The quantitative estimate of drug-likeness (QED) is 0.346. The van der Waals surface area contributed by atoms with E-state index in [4.69, 9.17) is 0 Å². The highest BCUT2D eigenvalue weighted by Crippen LogP contribution is 2.11. The first kappa shape index (κ1) is 16.4. The first-order chi connectivity index (χ1) is 8.20. The van der Waals surface area contributed by atoms with Gasteiger partial charge >= 0.3 is 0 Å². The van der Waals surface area contributed by atoms with Gasteiger partial charge in [0.15, 0.2) is 5.78 Å². The minimum Gasteiger partial charge on any atom is -0.295 e. The van der Waals surface area contributed by atoms with Crippen molar-refractivity contribution in [2.75, 3.05) is 0 Å². The average Bonchev–Trinajstić information content (AvgIpc) is 2.30. The van der Waals surface area contributed by atoms with E-state index in [0.717, 1.165) is 19.3 Å². The Morgan fingerprint density at radius 2 is 1.35 bits per heavy atom. The Balaban J connectivity index is 3.59. The zero-order valence-corrected chi connectivity index (χ0v) is 12.1. The van der Waals surface area contributed by atoms with Crippen molar-refractivity contribution < 1.29 is 4.79 Å². The van der Waals surface area contributed by atoms with E-state index in [1.54, 1.807) is 0 Å². The van der Waals surface area contributed by atoms with Crippen LogP contribution in [0.5, 0.6) is 0 Å². The maximum Gasteiger partial charge on any atom is 0.155 e. The van der Waals surface area contributed by atoms with Crippen LogP contribution in [0.15, 0.2) is 11.6 Å². The molecule has 0 fully saturated rings. The van der Waals surface area contributed by atoms with Gasteiger partial charge in [-0.3, -0.25) is 4.79 Å². The fourth-order valence-electron chi connectivity index (χ4n) is 1.98. The molecular formula is C16H30O. The number of unbranched alkanes of at least 4 members (excludes halogenated alkanes) is 6. The summed E-state index contributed by atoms with van der Waals surface area (Å²) in [6, 6.07) is 0. The third-order valence-electron chi connectivity index (χ3n) is 3.11. The van der Waals surface area contributed by atoms with Gasteiger partial charge in [-0.25, -0.2) is 0 Å². The van der Waals surface area contributed by atoms with E-state index >= 15 is 0 Å². The molecule has 0 saturated carbocycles. The van der Waals surface area contributed by atoms with E-state index in [0.29, 0.717) is 5.78 Å². The van der Waals surface area contributed by atoms with Crippen LogP contribution in [0.4, 0.5) is 0 Å². The maximum absolute atomic E-state index is 11.6. The van der Waals surface area contributed by atoms with Crippen molar-refractivity contribution in [3.8, 4) is 0 Å². The molecule has 0 N–H and O–H groups in total. The van der Waals surface area contributed by atoms with Crippen LogP contribution >= 0.6 is 0 Å². The summed E-state index contributed by atoms with van der Waals surface area (Å²) in [7, 11) is 0. The van der Waals surface area contributed by atoms with Gasteiger partial charge in [0.2, 0.25) is 0 Å². The molecule has 0 aliphatic carbocycles. The Kier molecular flexibility index (Phi) is 11.5. The number of hydrogen-bond acceptors (Lipinski definition) is 1. The van der Waals surface area contributed by atoms with Crippen LogP contribution in [0.2, 0.25) is 0 Å². The predicted octanol–water partition coefficient (Wildman–Crippen LogP) is 5.44. The summed E-state index contributed by atoms with van der Waals surface area (Å²) < 4.78 is 0. The molecule has 0 aliphatic rings. The summed E-state index contributed by atoms with van der Waals surface area (Å²) in [6.45, 7) is 6.51. The summed E-state index contributed by atoms with van der Waals surface area (Å²) >= 11 is 0. The lowest BCUT2D eigenvalue weighted by Gasteiger charge is -2.01. The molecule has 0 heterocycles. The van der Waals surface area contributed by atoms with Gasteiger partial charge in [0.25, 0.3) is 0 Å². The van der Waals surface area contributed by atoms with Gasteiger partial charge < -0.3 is 0 Å². The summed E-state index contributed by atoms with van der Waals surface area (Å²) in [5.41, 5.74) is 1.27. The Labute approximate surface area is 108 Å². The van der Waals surface area contributed by atoms with Crippen LogP contribution in [0.1, 0.15) is 85.0 Å². The second kappa shape index (κ2) is 11.9. The zero-order chi connectivity index (χ0) is 12.9. The van der Waals surface area contributed by atoms with Gasteiger partial charge in [-0.15, -0.1) is 0 Å². The normalized spacial score (nSPS) is 11.8. The highest BCUT2D eigenvalue weighted by molar-refractivity contribution is 5.90. The molecule has 0 aromatic rings. The SMILES string of the molecule is CCCCCCC(=O)C=C(C)CCCCCC. The highest BCUT2D eigenvalue weighted by Gasteiger charge is 1.99. The monoisotopic (exact) mass is 238 g/mol. The lowest BCUT2D eigenvalue weighted by atomic mass is 10.0. The largest absolute Gasteiger partial charge is 0.295 e. The second-order valence-electron chi connectivity index (χ2n) is 5.08. The molecule has 17 heavy (non-hydrogen) atoms. The number of rotatable bonds is 11. The topological polar surface area (TPSA) is 17.1 Å². The predicted molar refractivity (Wildman–Crippen MR) is 76.3 cm³/mol. The van der Waals surface area contributed by atoms with E-state index in [2.05, 4.69) is 20.8 Å². The van der Waals surface area contributed by atoms with Crippen molar-refractivity contribution >= 4 is 5.78 Å². The molecule has 1 heteroatoms. The number of allylic oxidation sites excluding steroid dienone is 2. The molecule has 0 spiro atoms. The maximum atomic E-state index is 11.6. The summed E-state index contributed by atoms with van der Waals surface area (Å²) in [5.74, 6) is 0.328. The summed E-state index contributed by atoms with van der Waals surface area (Å²) in [4.78, 5) is 11.6. The zero-order valence-electron chi connectivity index (χ0n) is 12.1. The Hall–Kier alpha value is -0.590. The molecule has 1 nitrogen and oxygen atoms in total. The van der Waals surface area contributed by atoms with Crippen LogP contribution in [-0.2, 0) is 4.79 Å². The van der Waals surface area contributed by atoms with Crippen molar-refractivity contribution in [3.63, 3.8) is 0 Å². The molecule has 0 atom stereocenters. The van der Waals surface area contributed by atoms with E-state index in [-0.39, 0.29) is 0 Å².